The van der Waals surface area contributed by atoms with E-state index in [1.807, 2.05) is 30.3 Å². The van der Waals surface area contributed by atoms with Crippen molar-refractivity contribution in [3.8, 4) is 6.07 Å². The molecule has 1 N–H and O–H groups in total. The lowest BCUT2D eigenvalue weighted by Crippen LogP contribution is -2.33. The number of amides is 1. The van der Waals surface area contributed by atoms with Gasteiger partial charge in [0.25, 0.3) is 5.91 Å². The van der Waals surface area contributed by atoms with E-state index >= 15 is 0 Å². The Hall–Kier alpha value is -2.46. The maximum Gasteiger partial charge on any atom is 0.310 e. The predicted molar refractivity (Wildman–Crippen MR) is 98.5 cm³/mol. The summed E-state index contributed by atoms with van der Waals surface area (Å²) in [6.45, 7) is -0.0298. The maximum atomic E-state index is 12.6. The Morgan fingerprint density at radius 2 is 2.12 bits per heavy atom. The van der Waals surface area contributed by atoms with E-state index in [2.05, 4.69) is 5.32 Å². The molecule has 1 aromatic carbocycles. The Bertz CT molecular complexity index is 794. The number of nitrogens with zero attached hydrogens (tertiary/aromatic N) is 2. The van der Waals surface area contributed by atoms with Gasteiger partial charge in [-0.15, -0.1) is 11.3 Å². The standard InChI is InChI=1S/C19H21N3O3S/c20-10-5-11-21-17(23)12-25-19(24)14-7-2-1-6-13(14)18-22-15-8-3-4-9-16(15)26-18/h3-4,8-9,13-14H,1-2,5-7,11-12H2,(H,21,23)/t13-,14+/m1/s1. The molecule has 0 saturated heterocycles. The van der Waals surface area contributed by atoms with Crippen LogP contribution < -0.4 is 5.32 Å². The molecule has 3 rings (SSSR count). The molecule has 1 saturated carbocycles. The first-order chi connectivity index (χ1) is 12.7. The van der Waals surface area contributed by atoms with Crippen molar-refractivity contribution in [2.75, 3.05) is 13.2 Å². The smallest absolute Gasteiger partial charge is 0.310 e. The van der Waals surface area contributed by atoms with Gasteiger partial charge in [-0.05, 0) is 25.0 Å². The molecule has 6 nitrogen and oxygen atoms in total. The van der Waals surface area contributed by atoms with Crippen LogP contribution in [0, 0.1) is 17.2 Å². The van der Waals surface area contributed by atoms with Gasteiger partial charge in [0, 0.05) is 12.5 Å². The number of carbonyl (C=O) groups is 2. The molecule has 1 heterocycles. The largest absolute Gasteiger partial charge is 0.455 e. The highest BCUT2D eigenvalue weighted by Crippen LogP contribution is 2.41. The number of hydrogen-bond donors (Lipinski definition) is 1. The minimum atomic E-state index is -0.374. The van der Waals surface area contributed by atoms with Crippen LogP contribution in [0.1, 0.15) is 43.0 Å². The number of nitrogens with one attached hydrogen (secondary N) is 1. The summed E-state index contributed by atoms with van der Waals surface area (Å²) in [5.74, 6) is -0.906. The number of ether oxygens (including phenoxy) is 1. The third-order valence-electron chi connectivity index (χ3n) is 4.60. The molecule has 0 aliphatic heterocycles. The fourth-order valence-electron chi connectivity index (χ4n) is 3.31. The minimum Gasteiger partial charge on any atom is -0.455 e. The SMILES string of the molecule is N#CCCNC(=O)COC(=O)[C@H]1CCCC[C@H]1c1nc2ccccc2s1. The highest BCUT2D eigenvalue weighted by atomic mass is 32.1. The summed E-state index contributed by atoms with van der Waals surface area (Å²) >= 11 is 1.63. The summed E-state index contributed by atoms with van der Waals surface area (Å²) in [5.41, 5.74) is 0.960. The van der Waals surface area contributed by atoms with Gasteiger partial charge in [-0.1, -0.05) is 25.0 Å². The lowest BCUT2D eigenvalue weighted by molar-refractivity contribution is -0.154. The van der Waals surface area contributed by atoms with Crippen LogP contribution in [0.4, 0.5) is 0 Å². The Kier molecular flexibility index (Phi) is 6.18. The number of esters is 1. The van der Waals surface area contributed by atoms with Crippen LogP contribution >= 0.6 is 11.3 Å². The van der Waals surface area contributed by atoms with E-state index < -0.39 is 0 Å². The topological polar surface area (TPSA) is 92.1 Å². The number of nitriles is 1. The van der Waals surface area contributed by atoms with Gasteiger partial charge in [0.2, 0.25) is 0 Å². The molecule has 1 fully saturated rings. The van der Waals surface area contributed by atoms with Crippen LogP contribution in [0.15, 0.2) is 24.3 Å². The van der Waals surface area contributed by atoms with Crippen molar-refractivity contribution in [3.63, 3.8) is 0 Å². The summed E-state index contributed by atoms with van der Waals surface area (Å²) in [6.07, 6.45) is 3.96. The van der Waals surface area contributed by atoms with E-state index in [9.17, 15) is 9.59 Å². The number of benzene rings is 1. The van der Waals surface area contributed by atoms with Gasteiger partial charge in [0.1, 0.15) is 0 Å². The molecular formula is C19H21N3O3S. The molecule has 0 bridgehead atoms. The number of aromatic nitrogens is 1. The van der Waals surface area contributed by atoms with E-state index in [0.29, 0.717) is 0 Å². The van der Waals surface area contributed by atoms with Crippen LogP contribution in [-0.4, -0.2) is 30.0 Å². The second kappa shape index (κ2) is 8.77. The second-order valence-electron chi connectivity index (χ2n) is 6.38. The van der Waals surface area contributed by atoms with Crippen molar-refractivity contribution >= 4 is 33.4 Å². The van der Waals surface area contributed by atoms with E-state index in [0.717, 1.165) is 40.9 Å². The quantitative estimate of drug-likeness (QED) is 0.622. The number of para-hydroxylation sites is 1. The molecule has 136 valence electrons. The molecule has 2 aromatic rings. The fourth-order valence-corrected chi connectivity index (χ4v) is 4.48. The first-order valence-corrected chi connectivity index (χ1v) is 9.66. The van der Waals surface area contributed by atoms with Gasteiger partial charge in [0.05, 0.1) is 33.6 Å². The summed E-state index contributed by atoms with van der Waals surface area (Å²) < 4.78 is 6.37. The predicted octanol–water partition coefficient (Wildman–Crippen LogP) is 3.14. The first-order valence-electron chi connectivity index (χ1n) is 8.85. The zero-order valence-electron chi connectivity index (χ0n) is 14.4. The summed E-state index contributed by atoms with van der Waals surface area (Å²) in [6, 6.07) is 9.92. The number of hydrogen-bond acceptors (Lipinski definition) is 6. The highest BCUT2D eigenvalue weighted by molar-refractivity contribution is 7.18. The normalized spacial score (nSPS) is 19.7. The van der Waals surface area contributed by atoms with Gasteiger partial charge in [-0.3, -0.25) is 9.59 Å². The molecule has 2 atom stereocenters. The fraction of sp³-hybridized carbons (Fsp3) is 0.474. The van der Waals surface area contributed by atoms with Crippen LogP contribution in [-0.2, 0) is 14.3 Å². The van der Waals surface area contributed by atoms with Gasteiger partial charge < -0.3 is 10.1 Å². The lowest BCUT2D eigenvalue weighted by atomic mass is 9.79. The number of fused-ring (bicyclic) bond motifs is 1. The van der Waals surface area contributed by atoms with Crippen molar-refractivity contribution in [2.45, 2.75) is 38.0 Å². The summed E-state index contributed by atoms with van der Waals surface area (Å²) in [5, 5.41) is 12.0. The average Bonchev–Trinajstić information content (AvgIpc) is 3.10. The average molecular weight is 371 g/mol. The Labute approximate surface area is 156 Å². The molecule has 1 amide bonds. The van der Waals surface area contributed by atoms with Gasteiger partial charge in [0.15, 0.2) is 6.61 Å². The number of rotatable bonds is 6. The first kappa shape index (κ1) is 18.3. The molecule has 1 aliphatic rings. The summed E-state index contributed by atoms with van der Waals surface area (Å²) in [7, 11) is 0. The van der Waals surface area contributed by atoms with Gasteiger partial charge in [-0.2, -0.15) is 5.26 Å². The van der Waals surface area contributed by atoms with Crippen molar-refractivity contribution in [1.29, 1.82) is 5.26 Å². The molecular weight excluding hydrogens is 350 g/mol. The third kappa shape index (κ3) is 4.38. The minimum absolute atomic E-state index is 0.0512. The van der Waals surface area contributed by atoms with Gasteiger partial charge in [-0.25, -0.2) is 4.98 Å². The Morgan fingerprint density at radius 3 is 2.92 bits per heavy atom. The zero-order valence-corrected chi connectivity index (χ0v) is 15.3. The van der Waals surface area contributed by atoms with E-state index in [1.165, 1.54) is 0 Å². The molecule has 7 heteroatoms. The van der Waals surface area contributed by atoms with Crippen LogP contribution in [0.3, 0.4) is 0 Å². The third-order valence-corrected chi connectivity index (χ3v) is 5.77. The molecule has 0 radical (unpaired) electrons. The molecule has 0 unspecified atom stereocenters. The van der Waals surface area contributed by atoms with E-state index in [-0.39, 0.29) is 43.3 Å². The van der Waals surface area contributed by atoms with Crippen molar-refractivity contribution in [1.82, 2.24) is 10.3 Å². The second-order valence-corrected chi connectivity index (χ2v) is 7.45. The summed E-state index contributed by atoms with van der Waals surface area (Å²) in [4.78, 5) is 28.9. The van der Waals surface area contributed by atoms with Crippen molar-refractivity contribution < 1.29 is 14.3 Å². The number of thiazole rings is 1. The highest BCUT2D eigenvalue weighted by Gasteiger charge is 2.35. The van der Waals surface area contributed by atoms with Crippen molar-refractivity contribution in [2.24, 2.45) is 5.92 Å². The maximum absolute atomic E-state index is 12.6. The van der Waals surface area contributed by atoms with E-state index in [4.69, 9.17) is 15.0 Å². The zero-order chi connectivity index (χ0) is 18.4. The molecule has 0 spiro atoms. The Morgan fingerprint density at radius 1 is 1.31 bits per heavy atom. The molecule has 1 aliphatic carbocycles. The number of carbonyl (C=O) groups excluding carboxylic acids is 2. The monoisotopic (exact) mass is 371 g/mol. The molecule has 26 heavy (non-hydrogen) atoms. The van der Waals surface area contributed by atoms with Gasteiger partial charge >= 0.3 is 5.97 Å². The lowest BCUT2D eigenvalue weighted by Gasteiger charge is -2.28. The van der Waals surface area contributed by atoms with Crippen LogP contribution in [0.25, 0.3) is 10.2 Å². The van der Waals surface area contributed by atoms with Crippen molar-refractivity contribution in [3.05, 3.63) is 29.3 Å². The molecule has 1 aromatic heterocycles. The van der Waals surface area contributed by atoms with Crippen LogP contribution in [0.5, 0.6) is 0 Å². The Balaban J connectivity index is 1.64. The van der Waals surface area contributed by atoms with E-state index in [1.54, 1.807) is 11.3 Å². The van der Waals surface area contributed by atoms with Crippen LogP contribution in [0.2, 0.25) is 0 Å².